The first-order valence-electron chi connectivity index (χ1n) is 4.99. The lowest BCUT2D eigenvalue weighted by molar-refractivity contribution is 0.0589. The molecule has 0 spiro atoms. The van der Waals surface area contributed by atoms with Crippen LogP contribution >= 0.6 is 31.9 Å². The number of rotatable bonds is 1. The van der Waals surface area contributed by atoms with Gasteiger partial charge in [-0.15, -0.1) is 0 Å². The van der Waals surface area contributed by atoms with Gasteiger partial charge in [0, 0.05) is 7.05 Å². The zero-order valence-corrected chi connectivity index (χ0v) is 13.3. The molecule has 0 aliphatic rings. The molecular weight excluding hydrogens is 352 g/mol. The van der Waals surface area contributed by atoms with Crippen LogP contribution in [0.25, 0.3) is 0 Å². The number of amides is 1. The van der Waals surface area contributed by atoms with Gasteiger partial charge in [-0.3, -0.25) is 4.90 Å². The van der Waals surface area contributed by atoms with E-state index in [4.69, 9.17) is 4.74 Å². The first kappa shape index (κ1) is 14.4. The number of anilines is 1. The van der Waals surface area contributed by atoms with Crippen molar-refractivity contribution in [1.82, 2.24) is 4.98 Å². The number of pyridine rings is 1. The fourth-order valence-electron chi connectivity index (χ4n) is 1.08. The molecule has 0 aliphatic carbocycles. The molecule has 1 aromatic rings. The van der Waals surface area contributed by atoms with Crippen LogP contribution in [0.1, 0.15) is 20.8 Å². The molecule has 0 radical (unpaired) electrons. The van der Waals surface area contributed by atoms with Gasteiger partial charge in [0.1, 0.15) is 14.8 Å². The van der Waals surface area contributed by atoms with E-state index in [1.165, 1.54) is 4.90 Å². The summed E-state index contributed by atoms with van der Waals surface area (Å²) in [6, 6.07) is 3.49. The van der Waals surface area contributed by atoms with E-state index in [9.17, 15) is 4.79 Å². The largest absolute Gasteiger partial charge is 0.443 e. The number of carbonyl (C=O) groups excluding carboxylic acids is 1. The maximum Gasteiger partial charge on any atom is 0.414 e. The summed E-state index contributed by atoms with van der Waals surface area (Å²) in [5.41, 5.74) is 0.195. The second kappa shape index (κ2) is 5.35. The van der Waals surface area contributed by atoms with Crippen LogP contribution < -0.4 is 4.90 Å². The first-order chi connectivity index (χ1) is 7.69. The zero-order valence-electron chi connectivity index (χ0n) is 10.1. The van der Waals surface area contributed by atoms with Gasteiger partial charge in [-0.2, -0.15) is 0 Å². The average Bonchev–Trinajstić information content (AvgIpc) is 2.12. The normalized spacial score (nSPS) is 11.2. The summed E-state index contributed by atoms with van der Waals surface area (Å²) < 4.78 is 6.57. The molecule has 94 valence electrons. The Morgan fingerprint density at radius 3 is 2.18 bits per heavy atom. The molecule has 6 heteroatoms. The Morgan fingerprint density at radius 1 is 1.29 bits per heavy atom. The van der Waals surface area contributed by atoms with E-state index in [2.05, 4.69) is 36.8 Å². The molecule has 0 aliphatic heterocycles. The topological polar surface area (TPSA) is 42.4 Å². The van der Waals surface area contributed by atoms with Crippen molar-refractivity contribution in [3.05, 3.63) is 21.3 Å². The SMILES string of the molecule is CN(C(=O)OC(C)(C)C)c1cc(Br)nc(Br)c1. The maximum absolute atomic E-state index is 11.8. The second-order valence-corrected chi connectivity index (χ2v) is 6.14. The molecule has 4 nitrogen and oxygen atoms in total. The fraction of sp³-hybridized carbons (Fsp3) is 0.455. The molecule has 1 heterocycles. The Kier molecular flexibility index (Phi) is 4.55. The smallest absolute Gasteiger partial charge is 0.414 e. The molecule has 0 saturated carbocycles. The summed E-state index contributed by atoms with van der Waals surface area (Å²) in [6.45, 7) is 5.49. The molecule has 0 unspecified atom stereocenters. The molecule has 0 fully saturated rings. The van der Waals surface area contributed by atoms with Crippen molar-refractivity contribution < 1.29 is 9.53 Å². The van der Waals surface area contributed by atoms with Crippen molar-refractivity contribution in [2.75, 3.05) is 11.9 Å². The third-order valence-electron chi connectivity index (χ3n) is 1.80. The molecule has 0 saturated heterocycles. The standard InChI is InChI=1S/C11H14Br2N2O2/c1-11(2,3)17-10(16)15(4)7-5-8(12)14-9(13)6-7/h5-6H,1-4H3. The van der Waals surface area contributed by atoms with E-state index in [1.54, 1.807) is 19.2 Å². The van der Waals surface area contributed by atoms with Crippen molar-refractivity contribution in [2.45, 2.75) is 26.4 Å². The molecule has 0 N–H and O–H groups in total. The van der Waals surface area contributed by atoms with Crippen LogP contribution in [-0.4, -0.2) is 23.7 Å². The third kappa shape index (κ3) is 4.63. The summed E-state index contributed by atoms with van der Waals surface area (Å²) in [7, 11) is 1.66. The molecule has 1 aromatic heterocycles. The third-order valence-corrected chi connectivity index (χ3v) is 2.61. The van der Waals surface area contributed by atoms with Gasteiger partial charge < -0.3 is 4.74 Å². The van der Waals surface area contributed by atoms with E-state index in [1.807, 2.05) is 20.8 Å². The highest BCUT2D eigenvalue weighted by atomic mass is 79.9. The lowest BCUT2D eigenvalue weighted by Gasteiger charge is -2.24. The lowest BCUT2D eigenvalue weighted by atomic mass is 10.2. The summed E-state index contributed by atoms with van der Waals surface area (Å²) in [4.78, 5) is 17.4. The van der Waals surface area contributed by atoms with Crippen LogP contribution in [0.2, 0.25) is 0 Å². The molecule has 1 amide bonds. The minimum absolute atomic E-state index is 0.400. The minimum Gasteiger partial charge on any atom is -0.443 e. The van der Waals surface area contributed by atoms with E-state index < -0.39 is 11.7 Å². The average molecular weight is 366 g/mol. The van der Waals surface area contributed by atoms with Crippen LogP contribution in [0.3, 0.4) is 0 Å². The first-order valence-corrected chi connectivity index (χ1v) is 6.57. The van der Waals surface area contributed by atoms with Gasteiger partial charge in [0.15, 0.2) is 0 Å². The van der Waals surface area contributed by atoms with E-state index in [0.29, 0.717) is 14.9 Å². The zero-order chi connectivity index (χ0) is 13.2. The lowest BCUT2D eigenvalue weighted by Crippen LogP contribution is -2.34. The number of hydrogen-bond acceptors (Lipinski definition) is 3. The predicted octanol–water partition coefficient (Wildman–Crippen LogP) is 3.98. The number of hydrogen-bond donors (Lipinski definition) is 0. The van der Waals surface area contributed by atoms with E-state index in [-0.39, 0.29) is 0 Å². The summed E-state index contributed by atoms with van der Waals surface area (Å²) in [6.07, 6.45) is -0.400. The van der Waals surface area contributed by atoms with Crippen LogP contribution in [-0.2, 0) is 4.74 Å². The number of halogens is 2. The fourth-order valence-corrected chi connectivity index (χ4v) is 2.17. The van der Waals surface area contributed by atoms with Gasteiger partial charge in [0.05, 0.1) is 5.69 Å². The summed E-state index contributed by atoms with van der Waals surface area (Å²) in [5, 5.41) is 0. The molecule has 0 aromatic carbocycles. The van der Waals surface area contributed by atoms with E-state index in [0.717, 1.165) is 0 Å². The van der Waals surface area contributed by atoms with Gasteiger partial charge in [-0.1, -0.05) is 0 Å². The van der Waals surface area contributed by atoms with Crippen molar-refractivity contribution in [3.63, 3.8) is 0 Å². The van der Waals surface area contributed by atoms with E-state index >= 15 is 0 Å². The van der Waals surface area contributed by atoms with Gasteiger partial charge in [-0.25, -0.2) is 9.78 Å². The Bertz CT molecular complexity index is 410. The van der Waals surface area contributed by atoms with Crippen LogP contribution in [0.5, 0.6) is 0 Å². The molecule has 17 heavy (non-hydrogen) atoms. The Labute approximate surface area is 118 Å². The van der Waals surface area contributed by atoms with Crippen molar-refractivity contribution in [2.24, 2.45) is 0 Å². The minimum atomic E-state index is -0.507. The Balaban J connectivity index is 2.89. The molecule has 1 rings (SSSR count). The van der Waals surface area contributed by atoms with Gasteiger partial charge in [-0.05, 0) is 64.8 Å². The van der Waals surface area contributed by atoms with Crippen molar-refractivity contribution >= 4 is 43.6 Å². The van der Waals surface area contributed by atoms with Gasteiger partial charge in [0.25, 0.3) is 0 Å². The number of nitrogens with zero attached hydrogens (tertiary/aromatic N) is 2. The van der Waals surface area contributed by atoms with Crippen LogP contribution in [0.4, 0.5) is 10.5 Å². The number of ether oxygens (including phenoxy) is 1. The van der Waals surface area contributed by atoms with Gasteiger partial charge >= 0.3 is 6.09 Å². The summed E-state index contributed by atoms with van der Waals surface area (Å²) >= 11 is 6.54. The predicted molar refractivity (Wildman–Crippen MR) is 74.3 cm³/mol. The molecule has 0 atom stereocenters. The van der Waals surface area contributed by atoms with Crippen molar-refractivity contribution in [3.8, 4) is 0 Å². The summed E-state index contributed by atoms with van der Waals surface area (Å²) in [5.74, 6) is 0. The highest BCUT2D eigenvalue weighted by molar-refractivity contribution is 9.11. The van der Waals surface area contributed by atoms with Crippen LogP contribution in [0, 0.1) is 0 Å². The second-order valence-electron chi connectivity index (χ2n) is 4.51. The number of aromatic nitrogens is 1. The highest BCUT2D eigenvalue weighted by Gasteiger charge is 2.21. The Morgan fingerprint density at radius 2 is 1.76 bits per heavy atom. The highest BCUT2D eigenvalue weighted by Crippen LogP contribution is 2.23. The van der Waals surface area contributed by atoms with Crippen molar-refractivity contribution in [1.29, 1.82) is 0 Å². The Hall–Kier alpha value is -0.620. The molecule has 0 bridgehead atoms. The van der Waals surface area contributed by atoms with Gasteiger partial charge in [0.2, 0.25) is 0 Å². The maximum atomic E-state index is 11.8. The monoisotopic (exact) mass is 364 g/mol. The molecular formula is C11H14Br2N2O2. The van der Waals surface area contributed by atoms with Crippen LogP contribution in [0.15, 0.2) is 21.3 Å². The number of carbonyl (C=O) groups is 1. The quantitative estimate of drug-likeness (QED) is 0.707.